The Hall–Kier alpha value is -2.78. The van der Waals surface area contributed by atoms with Crippen molar-refractivity contribution < 1.29 is 31.1 Å². The molecule has 0 radical (unpaired) electrons. The summed E-state index contributed by atoms with van der Waals surface area (Å²) < 4.78 is 69.2. The molecule has 0 aliphatic carbocycles. The third-order valence-electron chi connectivity index (χ3n) is 5.11. The minimum absolute atomic E-state index is 0.0201. The Morgan fingerprint density at radius 3 is 2.36 bits per heavy atom. The summed E-state index contributed by atoms with van der Waals surface area (Å²) in [6.45, 7) is 1.76. The molecule has 0 saturated carbocycles. The lowest BCUT2D eigenvalue weighted by atomic mass is 9.94. The zero-order valence-electron chi connectivity index (χ0n) is 18.0. The molecule has 0 bridgehead atoms. The molecule has 0 saturated heterocycles. The molecule has 2 aromatic carbocycles. The molecule has 10 heteroatoms. The van der Waals surface area contributed by atoms with Crippen molar-refractivity contribution in [3.8, 4) is 22.4 Å². The van der Waals surface area contributed by atoms with Crippen LogP contribution in [-0.2, 0) is 32.9 Å². The average molecular weight is 500 g/mol. The number of hydrogen-bond donors (Lipinski definition) is 1. The van der Waals surface area contributed by atoms with E-state index in [1.54, 1.807) is 13.0 Å². The molecule has 0 fully saturated rings. The third-order valence-corrected chi connectivity index (χ3v) is 6.30. The number of methoxy groups -OCH3 is 1. The van der Waals surface area contributed by atoms with Gasteiger partial charge in [-0.3, -0.25) is 0 Å². The Labute approximate surface area is 194 Å². The number of aromatic amines is 1. The standard InChI is InChI=1S/C23H21ClF3NO4S/c1-4-15-19(13-9-10-14(18(24)11-13)12-33(3,30)31)21(22(29)32-2)28-20(15)16-7-5-6-8-17(16)23(25,26)27/h5-11,28H,4,12H2,1-3H3. The summed E-state index contributed by atoms with van der Waals surface area (Å²) in [5, 5.41) is 0.161. The number of hydrogen-bond acceptors (Lipinski definition) is 4. The van der Waals surface area contributed by atoms with Crippen molar-refractivity contribution in [2.75, 3.05) is 13.4 Å². The number of carbonyl (C=O) groups excluding carboxylic acids is 1. The van der Waals surface area contributed by atoms with E-state index in [4.69, 9.17) is 16.3 Å². The van der Waals surface area contributed by atoms with Gasteiger partial charge < -0.3 is 9.72 Å². The van der Waals surface area contributed by atoms with Crippen molar-refractivity contribution in [2.45, 2.75) is 25.3 Å². The van der Waals surface area contributed by atoms with Gasteiger partial charge in [-0.25, -0.2) is 13.2 Å². The predicted molar refractivity (Wildman–Crippen MR) is 121 cm³/mol. The molecule has 5 nitrogen and oxygen atoms in total. The molecular formula is C23H21ClF3NO4S. The molecule has 33 heavy (non-hydrogen) atoms. The van der Waals surface area contributed by atoms with Crippen LogP contribution in [0.3, 0.4) is 0 Å². The quantitative estimate of drug-likeness (QED) is 0.427. The van der Waals surface area contributed by atoms with Crippen molar-refractivity contribution in [3.05, 3.63) is 69.9 Å². The van der Waals surface area contributed by atoms with Gasteiger partial charge in [-0.15, -0.1) is 0 Å². The van der Waals surface area contributed by atoms with Crippen LogP contribution in [0.5, 0.6) is 0 Å². The SMILES string of the molecule is CCc1c(-c2ccccc2C(F)(F)F)[nH]c(C(=O)OC)c1-c1ccc(CS(C)(=O)=O)c(Cl)c1. The highest BCUT2D eigenvalue weighted by Crippen LogP contribution is 2.42. The number of ether oxygens (including phenoxy) is 1. The third kappa shape index (κ3) is 5.25. The highest BCUT2D eigenvalue weighted by molar-refractivity contribution is 7.89. The maximum absolute atomic E-state index is 13.7. The molecule has 0 atom stereocenters. The molecule has 1 aromatic heterocycles. The number of alkyl halides is 3. The van der Waals surface area contributed by atoms with E-state index in [-0.39, 0.29) is 27.7 Å². The van der Waals surface area contributed by atoms with E-state index >= 15 is 0 Å². The fourth-order valence-electron chi connectivity index (χ4n) is 3.75. The number of rotatable bonds is 6. The summed E-state index contributed by atoms with van der Waals surface area (Å²) in [4.78, 5) is 15.4. The molecule has 0 spiro atoms. The van der Waals surface area contributed by atoms with Gasteiger partial charge >= 0.3 is 12.1 Å². The molecule has 3 rings (SSSR count). The van der Waals surface area contributed by atoms with Crippen LogP contribution in [0.4, 0.5) is 13.2 Å². The van der Waals surface area contributed by atoms with Gasteiger partial charge in [0.05, 0.1) is 24.1 Å². The van der Waals surface area contributed by atoms with Gasteiger partial charge in [-0.2, -0.15) is 13.2 Å². The Kier molecular flexibility index (Phi) is 6.95. The summed E-state index contributed by atoms with van der Waals surface area (Å²) in [5.41, 5.74) is 0.831. The maximum Gasteiger partial charge on any atom is 0.417 e. The summed E-state index contributed by atoms with van der Waals surface area (Å²) >= 11 is 6.32. The minimum Gasteiger partial charge on any atom is -0.464 e. The maximum atomic E-state index is 13.7. The Bertz CT molecular complexity index is 1310. The highest BCUT2D eigenvalue weighted by atomic mass is 35.5. The molecular weight excluding hydrogens is 479 g/mol. The molecule has 0 unspecified atom stereocenters. The van der Waals surface area contributed by atoms with Gasteiger partial charge in [-0.1, -0.05) is 48.9 Å². The number of carbonyl (C=O) groups is 1. The van der Waals surface area contributed by atoms with E-state index in [0.717, 1.165) is 12.3 Å². The van der Waals surface area contributed by atoms with Crippen LogP contribution in [0.15, 0.2) is 42.5 Å². The summed E-state index contributed by atoms with van der Waals surface area (Å²) in [6.07, 6.45) is -3.22. The number of aromatic nitrogens is 1. The molecule has 0 aliphatic heterocycles. The topological polar surface area (TPSA) is 76.2 Å². The van der Waals surface area contributed by atoms with E-state index in [2.05, 4.69) is 4.98 Å². The largest absolute Gasteiger partial charge is 0.464 e. The van der Waals surface area contributed by atoms with Crippen LogP contribution in [0.25, 0.3) is 22.4 Å². The second kappa shape index (κ2) is 9.23. The summed E-state index contributed by atoms with van der Waals surface area (Å²) in [6, 6.07) is 9.69. The van der Waals surface area contributed by atoms with E-state index in [1.165, 1.54) is 37.4 Å². The van der Waals surface area contributed by atoms with E-state index in [0.29, 0.717) is 28.7 Å². The first-order valence-corrected chi connectivity index (χ1v) is 12.3. The lowest BCUT2D eigenvalue weighted by Gasteiger charge is -2.13. The molecule has 0 aliphatic rings. The lowest BCUT2D eigenvalue weighted by molar-refractivity contribution is -0.137. The first-order chi connectivity index (χ1) is 15.4. The number of sulfone groups is 1. The van der Waals surface area contributed by atoms with Crippen LogP contribution in [0.1, 0.15) is 34.1 Å². The fraction of sp³-hybridized carbons (Fsp3) is 0.261. The zero-order chi connectivity index (χ0) is 24.6. The summed E-state index contributed by atoms with van der Waals surface area (Å²) in [7, 11) is -2.17. The number of halogens is 4. The van der Waals surface area contributed by atoms with Crippen LogP contribution in [-0.4, -0.2) is 32.7 Å². The molecule has 0 amide bonds. The predicted octanol–water partition coefficient (Wildman–Crippen LogP) is 5.91. The van der Waals surface area contributed by atoms with Gasteiger partial charge in [0.15, 0.2) is 9.84 Å². The van der Waals surface area contributed by atoms with Crippen molar-refractivity contribution in [3.63, 3.8) is 0 Å². The number of benzene rings is 2. The van der Waals surface area contributed by atoms with Gasteiger partial charge in [-0.05, 0) is 35.2 Å². The Morgan fingerprint density at radius 1 is 1.15 bits per heavy atom. The average Bonchev–Trinajstić information content (AvgIpc) is 3.12. The number of esters is 1. The van der Waals surface area contributed by atoms with E-state index in [9.17, 15) is 26.4 Å². The summed E-state index contributed by atoms with van der Waals surface area (Å²) in [5.74, 6) is -1.03. The lowest BCUT2D eigenvalue weighted by Crippen LogP contribution is -2.07. The number of nitrogens with one attached hydrogen (secondary N) is 1. The van der Waals surface area contributed by atoms with Crippen molar-refractivity contribution in [1.29, 1.82) is 0 Å². The first-order valence-electron chi connectivity index (χ1n) is 9.83. The molecule has 1 heterocycles. The molecule has 1 N–H and O–H groups in total. The van der Waals surface area contributed by atoms with Crippen LogP contribution in [0.2, 0.25) is 5.02 Å². The van der Waals surface area contributed by atoms with Gasteiger partial charge in [0.25, 0.3) is 0 Å². The van der Waals surface area contributed by atoms with Crippen molar-refractivity contribution >= 4 is 27.4 Å². The smallest absolute Gasteiger partial charge is 0.417 e. The normalized spacial score (nSPS) is 12.1. The highest BCUT2D eigenvalue weighted by Gasteiger charge is 2.35. The van der Waals surface area contributed by atoms with Crippen LogP contribution < -0.4 is 0 Å². The van der Waals surface area contributed by atoms with Crippen molar-refractivity contribution in [1.82, 2.24) is 4.98 Å². The fourth-order valence-corrected chi connectivity index (χ4v) is 4.89. The Morgan fingerprint density at radius 2 is 1.82 bits per heavy atom. The second-order valence-electron chi connectivity index (χ2n) is 7.49. The monoisotopic (exact) mass is 499 g/mol. The van der Waals surface area contributed by atoms with Gasteiger partial charge in [0.2, 0.25) is 0 Å². The first kappa shape index (κ1) is 24.9. The van der Waals surface area contributed by atoms with E-state index < -0.39 is 27.5 Å². The Balaban J connectivity index is 2.29. The zero-order valence-corrected chi connectivity index (χ0v) is 19.6. The van der Waals surface area contributed by atoms with Crippen LogP contribution in [0, 0.1) is 0 Å². The van der Waals surface area contributed by atoms with Crippen molar-refractivity contribution in [2.24, 2.45) is 0 Å². The van der Waals surface area contributed by atoms with Crippen LogP contribution >= 0.6 is 11.6 Å². The number of H-pyrrole nitrogens is 1. The van der Waals surface area contributed by atoms with Gasteiger partial charge in [0, 0.05) is 22.4 Å². The minimum atomic E-state index is -4.60. The molecule has 176 valence electrons. The second-order valence-corrected chi connectivity index (χ2v) is 10.0. The molecule has 3 aromatic rings. The van der Waals surface area contributed by atoms with E-state index in [1.807, 2.05) is 0 Å². The van der Waals surface area contributed by atoms with Gasteiger partial charge in [0.1, 0.15) is 5.69 Å².